The van der Waals surface area contributed by atoms with Crippen LogP contribution in [0.25, 0.3) is 0 Å². The van der Waals surface area contributed by atoms with Crippen LogP contribution in [0.15, 0.2) is 36.5 Å². The second kappa shape index (κ2) is 28.0. The second-order valence-corrected chi connectivity index (χ2v) is 14.3. The molecule has 0 radical (unpaired) electrons. The summed E-state index contributed by atoms with van der Waals surface area (Å²) in [5.41, 5.74) is 0. The number of allylic oxidation sites excluding steroid dienone is 5. The fraction of sp³-hybridized carbons (Fsp3) is 0.800. The molecule has 0 fully saturated rings. The van der Waals surface area contributed by atoms with Crippen molar-refractivity contribution in [2.24, 2.45) is 0 Å². The van der Waals surface area contributed by atoms with Crippen molar-refractivity contribution < 1.29 is 32.9 Å². The van der Waals surface area contributed by atoms with Gasteiger partial charge in [0.1, 0.15) is 13.2 Å². The molecule has 258 valence electrons. The quantitative estimate of drug-likeness (QED) is 0.0314. The van der Waals surface area contributed by atoms with Crippen LogP contribution in [0.5, 0.6) is 0 Å². The molecule has 0 aromatic rings. The summed E-state index contributed by atoms with van der Waals surface area (Å²) < 4.78 is 23.1. The van der Waals surface area contributed by atoms with Gasteiger partial charge in [0.15, 0.2) is 0 Å². The van der Waals surface area contributed by atoms with Gasteiger partial charge in [-0.2, -0.15) is 0 Å². The monoisotopic (exact) mass is 643 g/mol. The highest BCUT2D eigenvalue weighted by atomic mass is 31.2. The molecule has 0 saturated carbocycles. The number of carbonyl (C=O) groups excluding carboxylic acids is 1. The average molecular weight is 644 g/mol. The van der Waals surface area contributed by atoms with Crippen molar-refractivity contribution in [1.29, 1.82) is 0 Å². The number of rotatable bonds is 30. The molecule has 0 bridgehead atoms. The van der Waals surface area contributed by atoms with Crippen molar-refractivity contribution in [3.63, 3.8) is 0 Å². The molecule has 0 aromatic heterocycles. The molecule has 8 nitrogen and oxygen atoms in total. The number of nitrogens with zero attached hydrogens (tertiary/aromatic N) is 1. The average Bonchev–Trinajstić information content (AvgIpc) is 2.96. The van der Waals surface area contributed by atoms with Crippen molar-refractivity contribution in [3.05, 3.63) is 36.5 Å². The SMILES string of the molecule is CCCCCCCCCCCC/C=C/CC/C=C/CC/C=C/C(O)C(COP(=O)(O)OCC[N+](C)(C)C)NC(=O)CCCC. The number of aliphatic hydroxyl groups is 1. The lowest BCUT2D eigenvalue weighted by Crippen LogP contribution is -2.45. The zero-order valence-corrected chi connectivity index (χ0v) is 29.8. The summed E-state index contributed by atoms with van der Waals surface area (Å²) in [6.45, 7) is 4.50. The van der Waals surface area contributed by atoms with Gasteiger partial charge < -0.3 is 19.8 Å². The molecule has 1 amide bonds. The van der Waals surface area contributed by atoms with E-state index in [-0.39, 0.29) is 19.1 Å². The van der Waals surface area contributed by atoms with Crippen LogP contribution in [0.3, 0.4) is 0 Å². The van der Waals surface area contributed by atoms with E-state index >= 15 is 0 Å². The minimum Gasteiger partial charge on any atom is -0.387 e. The molecule has 0 rings (SSSR count). The van der Waals surface area contributed by atoms with Crippen LogP contribution in [-0.2, 0) is 18.4 Å². The van der Waals surface area contributed by atoms with Crippen LogP contribution in [0.2, 0.25) is 0 Å². The van der Waals surface area contributed by atoms with Crippen molar-refractivity contribution in [2.75, 3.05) is 40.9 Å². The normalized spacial score (nSPS) is 15.3. The number of quaternary nitrogens is 1. The number of likely N-dealkylation sites (N-methyl/N-ethyl adjacent to an activating group) is 1. The number of hydrogen-bond donors (Lipinski definition) is 3. The summed E-state index contributed by atoms with van der Waals surface area (Å²) in [6.07, 6.45) is 31.8. The first-order valence-corrected chi connectivity index (χ1v) is 18.9. The zero-order chi connectivity index (χ0) is 32.9. The largest absolute Gasteiger partial charge is 0.472 e. The van der Waals surface area contributed by atoms with Crippen LogP contribution < -0.4 is 5.32 Å². The molecular weight excluding hydrogens is 575 g/mol. The van der Waals surface area contributed by atoms with E-state index in [0.717, 1.165) is 38.5 Å². The lowest BCUT2D eigenvalue weighted by atomic mass is 10.1. The van der Waals surface area contributed by atoms with Gasteiger partial charge >= 0.3 is 7.82 Å². The first kappa shape index (κ1) is 42.7. The van der Waals surface area contributed by atoms with E-state index in [1.807, 2.05) is 34.1 Å². The predicted octanol–water partition coefficient (Wildman–Crippen LogP) is 8.40. The number of hydrogen-bond acceptors (Lipinski definition) is 5. The lowest BCUT2D eigenvalue weighted by Gasteiger charge is -2.25. The summed E-state index contributed by atoms with van der Waals surface area (Å²) in [4.78, 5) is 22.3. The number of carbonyl (C=O) groups is 1. The van der Waals surface area contributed by atoms with E-state index in [1.54, 1.807) is 6.08 Å². The fourth-order valence-corrected chi connectivity index (χ4v) is 5.20. The molecule has 3 N–H and O–H groups in total. The summed E-state index contributed by atoms with van der Waals surface area (Å²) in [5.74, 6) is -0.230. The zero-order valence-electron chi connectivity index (χ0n) is 28.9. The number of nitrogens with one attached hydrogen (secondary N) is 1. The van der Waals surface area contributed by atoms with Gasteiger partial charge in [-0.1, -0.05) is 115 Å². The minimum atomic E-state index is -4.32. The molecule has 9 heteroatoms. The molecule has 0 aliphatic rings. The summed E-state index contributed by atoms with van der Waals surface area (Å²) >= 11 is 0. The van der Waals surface area contributed by atoms with E-state index in [9.17, 15) is 19.4 Å². The molecule has 0 aromatic carbocycles. The highest BCUT2D eigenvalue weighted by Gasteiger charge is 2.27. The maximum absolute atomic E-state index is 12.3. The number of aliphatic hydroxyl groups excluding tert-OH is 1. The standard InChI is InChI=1S/C35H67N2O6P/c1-6-8-10-11-12-13-14-15-16-17-18-19-20-21-22-23-24-25-26-27-28-34(38)33(36-35(39)29-9-7-2)32-43-44(40,41)42-31-30-37(3,4)5/h19-20,23-24,27-28,33-34,38H,6-18,21-22,25-26,29-32H2,1-5H3,(H-,36,39,40,41)/p+1/b20-19+,24-23+,28-27+. The van der Waals surface area contributed by atoms with Crippen LogP contribution in [0, 0.1) is 0 Å². The van der Waals surface area contributed by atoms with Gasteiger partial charge in [0, 0.05) is 6.42 Å². The minimum absolute atomic E-state index is 0.0520. The number of phosphoric ester groups is 1. The highest BCUT2D eigenvalue weighted by molar-refractivity contribution is 7.47. The van der Waals surface area contributed by atoms with Gasteiger partial charge in [0.05, 0.1) is 39.9 Å². The predicted molar refractivity (Wildman–Crippen MR) is 184 cm³/mol. The molecule has 44 heavy (non-hydrogen) atoms. The van der Waals surface area contributed by atoms with Crippen molar-refractivity contribution in [2.45, 2.75) is 142 Å². The maximum Gasteiger partial charge on any atom is 0.472 e. The fourth-order valence-electron chi connectivity index (χ4n) is 4.46. The molecule has 0 aliphatic heterocycles. The Labute approximate surface area is 270 Å². The van der Waals surface area contributed by atoms with Gasteiger partial charge in [-0.3, -0.25) is 13.8 Å². The molecule has 0 aliphatic carbocycles. The Bertz CT molecular complexity index is 825. The number of unbranched alkanes of at least 4 members (excludes halogenated alkanes) is 13. The van der Waals surface area contributed by atoms with Gasteiger partial charge in [0.2, 0.25) is 5.91 Å². The molecule has 3 atom stereocenters. The maximum atomic E-state index is 12.3. The topological polar surface area (TPSA) is 105 Å². The van der Waals surface area contributed by atoms with Gasteiger partial charge in [0.25, 0.3) is 0 Å². The Hall–Kier alpha value is -1.28. The number of amides is 1. The third-order valence-corrected chi connectivity index (χ3v) is 8.32. The van der Waals surface area contributed by atoms with E-state index in [4.69, 9.17) is 9.05 Å². The summed E-state index contributed by atoms with van der Waals surface area (Å²) in [6, 6.07) is -0.860. The Morgan fingerprint density at radius 3 is 1.80 bits per heavy atom. The van der Waals surface area contributed by atoms with Gasteiger partial charge in [-0.25, -0.2) is 4.57 Å². The smallest absolute Gasteiger partial charge is 0.387 e. The molecule has 0 spiro atoms. The first-order valence-electron chi connectivity index (χ1n) is 17.4. The van der Waals surface area contributed by atoms with E-state index in [2.05, 4.69) is 36.5 Å². The molecule has 0 heterocycles. The summed E-state index contributed by atoms with van der Waals surface area (Å²) in [5, 5.41) is 13.4. The Kier molecular flexibility index (Phi) is 27.2. The Morgan fingerprint density at radius 1 is 0.750 bits per heavy atom. The van der Waals surface area contributed by atoms with Crippen molar-refractivity contribution in [1.82, 2.24) is 5.32 Å². The van der Waals surface area contributed by atoms with Crippen LogP contribution in [0.1, 0.15) is 129 Å². The second-order valence-electron chi connectivity index (χ2n) is 12.9. The molecule has 0 saturated heterocycles. The van der Waals surface area contributed by atoms with E-state index in [0.29, 0.717) is 17.4 Å². The Balaban J connectivity index is 4.28. The van der Waals surface area contributed by atoms with E-state index in [1.165, 1.54) is 70.6 Å². The van der Waals surface area contributed by atoms with Crippen LogP contribution >= 0.6 is 7.82 Å². The molecule has 3 unspecified atom stereocenters. The third-order valence-electron chi connectivity index (χ3n) is 7.34. The third kappa shape index (κ3) is 29.4. The van der Waals surface area contributed by atoms with Crippen molar-refractivity contribution >= 4 is 13.7 Å². The van der Waals surface area contributed by atoms with Gasteiger partial charge in [-0.15, -0.1) is 0 Å². The molecular formula is C35H68N2O6P+. The lowest BCUT2D eigenvalue weighted by molar-refractivity contribution is -0.870. The summed E-state index contributed by atoms with van der Waals surface area (Å²) in [7, 11) is 1.53. The number of phosphoric acid groups is 1. The first-order chi connectivity index (χ1) is 21.0. The van der Waals surface area contributed by atoms with Crippen LogP contribution in [0.4, 0.5) is 0 Å². The van der Waals surface area contributed by atoms with Crippen LogP contribution in [-0.4, -0.2) is 73.4 Å². The highest BCUT2D eigenvalue weighted by Crippen LogP contribution is 2.43. The Morgan fingerprint density at radius 2 is 1.25 bits per heavy atom. The van der Waals surface area contributed by atoms with E-state index < -0.39 is 20.0 Å². The van der Waals surface area contributed by atoms with Gasteiger partial charge in [-0.05, 0) is 44.9 Å². The van der Waals surface area contributed by atoms with Crippen molar-refractivity contribution in [3.8, 4) is 0 Å².